The van der Waals surface area contributed by atoms with E-state index >= 15 is 0 Å². The van der Waals surface area contributed by atoms with Gasteiger partial charge in [-0.3, -0.25) is 0 Å². The van der Waals surface area contributed by atoms with Crippen LogP contribution in [-0.4, -0.2) is 6.54 Å². The summed E-state index contributed by atoms with van der Waals surface area (Å²) >= 11 is 11.8. The normalized spacial score (nSPS) is 25.9. The molecule has 1 fully saturated rings. The molecule has 0 saturated carbocycles. The molecule has 0 spiro atoms. The van der Waals surface area contributed by atoms with Crippen molar-refractivity contribution in [1.82, 2.24) is 5.32 Å². The third-order valence-corrected chi connectivity index (χ3v) is 3.58. The van der Waals surface area contributed by atoms with E-state index in [2.05, 4.69) is 12.2 Å². The molecule has 0 amide bonds. The van der Waals surface area contributed by atoms with Gasteiger partial charge in [0.15, 0.2) is 0 Å². The predicted octanol–water partition coefficient (Wildman–Crippen LogP) is 3.73. The Morgan fingerprint density at radius 2 is 2.07 bits per heavy atom. The number of hydrogen-bond acceptors (Lipinski definition) is 1. The zero-order chi connectivity index (χ0) is 11.1. The van der Waals surface area contributed by atoms with E-state index in [0.717, 1.165) is 24.9 Å². The summed E-state index contributed by atoms with van der Waals surface area (Å²) < 4.78 is 13.1. The van der Waals surface area contributed by atoms with Crippen LogP contribution in [0.4, 0.5) is 4.39 Å². The van der Waals surface area contributed by atoms with E-state index in [9.17, 15) is 4.39 Å². The Morgan fingerprint density at radius 1 is 1.33 bits per heavy atom. The summed E-state index contributed by atoms with van der Waals surface area (Å²) in [6, 6.07) is 2.90. The highest BCUT2D eigenvalue weighted by Gasteiger charge is 2.32. The molecule has 0 radical (unpaired) electrons. The second kappa shape index (κ2) is 3.93. The van der Waals surface area contributed by atoms with Crippen LogP contribution in [-0.2, 0) is 5.54 Å². The lowest BCUT2D eigenvalue weighted by Crippen LogP contribution is -2.33. The molecule has 1 aliphatic rings. The van der Waals surface area contributed by atoms with Crippen molar-refractivity contribution in [3.63, 3.8) is 0 Å². The minimum absolute atomic E-state index is 0.129. The highest BCUT2D eigenvalue weighted by Crippen LogP contribution is 2.37. The summed E-state index contributed by atoms with van der Waals surface area (Å²) in [7, 11) is 0. The van der Waals surface area contributed by atoms with Gasteiger partial charge in [-0.1, -0.05) is 23.2 Å². The fourth-order valence-corrected chi connectivity index (χ4v) is 2.59. The smallest absolute Gasteiger partial charge is 0.143 e. The molecule has 1 heterocycles. The topological polar surface area (TPSA) is 12.0 Å². The Labute approximate surface area is 98.6 Å². The molecule has 15 heavy (non-hydrogen) atoms. The first-order chi connectivity index (χ1) is 7.03. The third kappa shape index (κ3) is 1.99. The second-order valence-corrected chi connectivity index (χ2v) is 4.92. The minimum atomic E-state index is -0.466. The van der Waals surface area contributed by atoms with E-state index in [0.29, 0.717) is 5.02 Å². The van der Waals surface area contributed by atoms with Crippen LogP contribution in [0.2, 0.25) is 10.0 Å². The van der Waals surface area contributed by atoms with Gasteiger partial charge in [0.25, 0.3) is 0 Å². The molecule has 0 aliphatic carbocycles. The van der Waals surface area contributed by atoms with E-state index in [-0.39, 0.29) is 10.6 Å². The Bertz CT molecular complexity index is 386. The van der Waals surface area contributed by atoms with Crippen molar-refractivity contribution in [1.29, 1.82) is 0 Å². The number of rotatable bonds is 1. The van der Waals surface area contributed by atoms with E-state index in [1.807, 2.05) is 0 Å². The molecule has 1 nitrogen and oxygen atoms in total. The Hall–Kier alpha value is -0.310. The van der Waals surface area contributed by atoms with E-state index in [4.69, 9.17) is 23.2 Å². The van der Waals surface area contributed by atoms with Gasteiger partial charge in [0.1, 0.15) is 5.82 Å². The fraction of sp³-hybridized carbons (Fsp3) is 0.455. The van der Waals surface area contributed by atoms with Gasteiger partial charge in [0.2, 0.25) is 0 Å². The third-order valence-electron chi connectivity index (χ3n) is 2.97. The molecule has 1 unspecified atom stereocenters. The van der Waals surface area contributed by atoms with Gasteiger partial charge in [0.05, 0.1) is 5.02 Å². The Balaban J connectivity index is 2.48. The minimum Gasteiger partial charge on any atom is -0.308 e. The molecule has 0 bridgehead atoms. The summed E-state index contributed by atoms with van der Waals surface area (Å²) in [6.07, 6.45) is 2.09. The van der Waals surface area contributed by atoms with Crippen LogP contribution in [0.5, 0.6) is 0 Å². The lowest BCUT2D eigenvalue weighted by atomic mass is 9.90. The van der Waals surface area contributed by atoms with E-state index in [1.165, 1.54) is 6.07 Å². The average molecular weight is 248 g/mol. The maximum atomic E-state index is 13.1. The van der Waals surface area contributed by atoms with Crippen LogP contribution in [0.3, 0.4) is 0 Å². The second-order valence-electron chi connectivity index (χ2n) is 4.11. The van der Waals surface area contributed by atoms with E-state index < -0.39 is 5.82 Å². The first-order valence-corrected chi connectivity index (χ1v) is 5.68. The molecule has 1 saturated heterocycles. The molecule has 82 valence electrons. The summed E-state index contributed by atoms with van der Waals surface area (Å²) in [4.78, 5) is 0. The SMILES string of the molecule is CC1(c2cc(Cl)c(F)cc2Cl)CCCN1. The zero-order valence-electron chi connectivity index (χ0n) is 8.41. The molecule has 2 rings (SSSR count). The quantitative estimate of drug-likeness (QED) is 0.746. The lowest BCUT2D eigenvalue weighted by Gasteiger charge is -2.26. The monoisotopic (exact) mass is 247 g/mol. The van der Waals surface area contributed by atoms with Gasteiger partial charge in [0, 0.05) is 10.6 Å². The molecular formula is C11H12Cl2FN. The highest BCUT2D eigenvalue weighted by atomic mass is 35.5. The van der Waals surface area contributed by atoms with Crippen molar-refractivity contribution in [2.45, 2.75) is 25.3 Å². The number of halogens is 3. The largest absolute Gasteiger partial charge is 0.308 e. The van der Waals surface area contributed by atoms with E-state index in [1.54, 1.807) is 6.07 Å². The number of benzene rings is 1. The Kier molecular flexibility index (Phi) is 2.93. The standard InChI is InChI=1S/C11H12Cl2FN/c1-11(3-2-4-15-11)7-5-9(13)10(14)6-8(7)12/h5-6,15H,2-4H2,1H3. The average Bonchev–Trinajstić information content (AvgIpc) is 2.60. The number of hydrogen-bond donors (Lipinski definition) is 1. The van der Waals surface area contributed by atoms with Crippen molar-refractivity contribution in [3.05, 3.63) is 33.6 Å². The van der Waals surface area contributed by atoms with Crippen LogP contribution in [0.25, 0.3) is 0 Å². The van der Waals surface area contributed by atoms with Crippen LogP contribution in [0.1, 0.15) is 25.3 Å². The van der Waals surface area contributed by atoms with Gasteiger partial charge in [-0.05, 0) is 44.0 Å². The van der Waals surface area contributed by atoms with Gasteiger partial charge in [-0.15, -0.1) is 0 Å². The molecular weight excluding hydrogens is 236 g/mol. The van der Waals surface area contributed by atoms with Crippen LogP contribution < -0.4 is 5.32 Å². The first-order valence-electron chi connectivity index (χ1n) is 4.93. The highest BCUT2D eigenvalue weighted by molar-refractivity contribution is 6.33. The summed E-state index contributed by atoms with van der Waals surface area (Å²) in [5.74, 6) is -0.466. The van der Waals surface area contributed by atoms with Gasteiger partial charge >= 0.3 is 0 Å². The zero-order valence-corrected chi connectivity index (χ0v) is 9.92. The number of nitrogens with one attached hydrogen (secondary N) is 1. The summed E-state index contributed by atoms with van der Waals surface area (Å²) in [6.45, 7) is 3.03. The van der Waals surface area contributed by atoms with Crippen LogP contribution in [0.15, 0.2) is 12.1 Å². The van der Waals surface area contributed by atoms with Crippen LogP contribution in [0, 0.1) is 5.82 Å². The lowest BCUT2D eigenvalue weighted by molar-refractivity contribution is 0.434. The maximum absolute atomic E-state index is 13.1. The molecule has 1 aromatic carbocycles. The fourth-order valence-electron chi connectivity index (χ4n) is 2.07. The summed E-state index contributed by atoms with van der Waals surface area (Å²) in [5, 5.41) is 3.94. The van der Waals surface area contributed by atoms with Crippen LogP contribution >= 0.6 is 23.2 Å². The molecule has 1 aliphatic heterocycles. The molecule has 1 atom stereocenters. The molecule has 0 aromatic heterocycles. The van der Waals surface area contributed by atoms with Gasteiger partial charge in [-0.2, -0.15) is 0 Å². The summed E-state index contributed by atoms with van der Waals surface area (Å²) in [5.41, 5.74) is 0.710. The van der Waals surface area contributed by atoms with Crippen molar-refractivity contribution >= 4 is 23.2 Å². The van der Waals surface area contributed by atoms with Crippen molar-refractivity contribution in [3.8, 4) is 0 Å². The van der Waals surface area contributed by atoms with Crippen molar-refractivity contribution in [2.75, 3.05) is 6.54 Å². The van der Waals surface area contributed by atoms with Crippen molar-refractivity contribution < 1.29 is 4.39 Å². The van der Waals surface area contributed by atoms with Gasteiger partial charge in [-0.25, -0.2) is 4.39 Å². The molecule has 1 N–H and O–H groups in total. The maximum Gasteiger partial charge on any atom is 0.143 e. The molecule has 1 aromatic rings. The predicted molar refractivity (Wildman–Crippen MR) is 61.0 cm³/mol. The van der Waals surface area contributed by atoms with Crippen molar-refractivity contribution in [2.24, 2.45) is 0 Å². The Morgan fingerprint density at radius 3 is 2.67 bits per heavy atom. The molecule has 4 heteroatoms. The van der Waals surface area contributed by atoms with Gasteiger partial charge < -0.3 is 5.32 Å². The first kappa shape index (κ1) is 11.2.